The van der Waals surface area contributed by atoms with Crippen LogP contribution in [0.25, 0.3) is 0 Å². The van der Waals surface area contributed by atoms with Gasteiger partial charge in [-0.05, 0) is 18.2 Å². The molecular formula is C13H18BrNO3. The maximum atomic E-state index is 11.1. The predicted octanol–water partition coefficient (Wildman–Crippen LogP) is 2.50. The van der Waals surface area contributed by atoms with Gasteiger partial charge in [0.15, 0.2) is 6.61 Å². The molecule has 0 aliphatic carbocycles. The quantitative estimate of drug-likeness (QED) is 0.819. The highest BCUT2D eigenvalue weighted by Crippen LogP contribution is 2.23. The minimum Gasteiger partial charge on any atom is -0.482 e. The average Bonchev–Trinajstić information content (AvgIpc) is 2.34. The zero-order valence-electron chi connectivity index (χ0n) is 10.8. The van der Waals surface area contributed by atoms with Crippen molar-refractivity contribution in [2.24, 2.45) is 0 Å². The van der Waals surface area contributed by atoms with Gasteiger partial charge in [-0.25, -0.2) is 4.79 Å². The number of benzene rings is 1. The first-order valence-electron chi connectivity index (χ1n) is 5.74. The molecule has 1 aromatic carbocycles. The third-order valence-electron chi connectivity index (χ3n) is 2.30. The molecule has 1 aromatic rings. The fourth-order valence-corrected chi connectivity index (χ4v) is 1.75. The van der Waals surface area contributed by atoms with Crippen molar-refractivity contribution in [3.63, 3.8) is 0 Å². The maximum Gasteiger partial charge on any atom is 0.343 e. The Morgan fingerprint density at radius 1 is 1.44 bits per heavy atom. The summed E-state index contributed by atoms with van der Waals surface area (Å²) in [6.07, 6.45) is 0. The lowest BCUT2D eigenvalue weighted by Crippen LogP contribution is -2.22. The number of carbonyl (C=O) groups is 1. The fourth-order valence-electron chi connectivity index (χ4n) is 1.34. The van der Waals surface area contributed by atoms with E-state index in [1.54, 1.807) is 0 Å². The van der Waals surface area contributed by atoms with E-state index in [1.165, 1.54) is 7.11 Å². The van der Waals surface area contributed by atoms with E-state index in [-0.39, 0.29) is 12.6 Å². The van der Waals surface area contributed by atoms with Gasteiger partial charge in [0.1, 0.15) is 5.75 Å². The van der Waals surface area contributed by atoms with Crippen LogP contribution < -0.4 is 10.1 Å². The van der Waals surface area contributed by atoms with Gasteiger partial charge in [-0.3, -0.25) is 0 Å². The summed E-state index contributed by atoms with van der Waals surface area (Å²) in [6, 6.07) is 6.08. The molecule has 0 aliphatic heterocycles. The lowest BCUT2D eigenvalue weighted by Gasteiger charge is -2.13. The van der Waals surface area contributed by atoms with Crippen LogP contribution in [0.1, 0.15) is 19.4 Å². The summed E-state index contributed by atoms with van der Waals surface area (Å²) in [5.41, 5.74) is 1.00. The van der Waals surface area contributed by atoms with E-state index in [1.807, 2.05) is 18.2 Å². The third-order valence-corrected chi connectivity index (χ3v) is 2.79. The van der Waals surface area contributed by atoms with Gasteiger partial charge < -0.3 is 14.8 Å². The molecule has 4 nitrogen and oxygen atoms in total. The van der Waals surface area contributed by atoms with Gasteiger partial charge in [-0.2, -0.15) is 0 Å². The summed E-state index contributed by atoms with van der Waals surface area (Å²) in [7, 11) is 1.34. The molecule has 0 fully saturated rings. The number of halogens is 1. The van der Waals surface area contributed by atoms with Crippen molar-refractivity contribution < 1.29 is 14.3 Å². The fraction of sp³-hybridized carbons (Fsp3) is 0.462. The number of esters is 1. The second kappa shape index (κ2) is 7.38. The van der Waals surface area contributed by atoms with E-state index in [2.05, 4.69) is 39.8 Å². The molecule has 0 unspecified atom stereocenters. The van der Waals surface area contributed by atoms with Crippen molar-refractivity contribution in [3.8, 4) is 5.75 Å². The summed E-state index contributed by atoms with van der Waals surface area (Å²) in [5.74, 6) is 0.303. The lowest BCUT2D eigenvalue weighted by atomic mass is 10.2. The Labute approximate surface area is 116 Å². The van der Waals surface area contributed by atoms with Crippen molar-refractivity contribution in [2.75, 3.05) is 13.7 Å². The van der Waals surface area contributed by atoms with Gasteiger partial charge >= 0.3 is 5.97 Å². The second-order valence-electron chi connectivity index (χ2n) is 4.15. The highest BCUT2D eigenvalue weighted by Gasteiger charge is 2.08. The van der Waals surface area contributed by atoms with E-state index < -0.39 is 0 Å². The van der Waals surface area contributed by atoms with Crippen LogP contribution in [-0.2, 0) is 16.1 Å². The van der Waals surface area contributed by atoms with Crippen LogP contribution >= 0.6 is 15.9 Å². The summed E-state index contributed by atoms with van der Waals surface area (Å²) < 4.78 is 11.0. The summed E-state index contributed by atoms with van der Waals surface area (Å²) >= 11 is 3.42. The SMILES string of the molecule is COC(=O)COc1ccc(Br)cc1CNC(C)C. The number of carbonyl (C=O) groups excluding carboxylic acids is 1. The molecule has 100 valence electrons. The predicted molar refractivity (Wildman–Crippen MR) is 73.6 cm³/mol. The Kier molecular flexibility index (Phi) is 6.15. The van der Waals surface area contributed by atoms with Crippen LogP contribution in [0.2, 0.25) is 0 Å². The van der Waals surface area contributed by atoms with E-state index in [4.69, 9.17) is 4.74 Å². The van der Waals surface area contributed by atoms with Gasteiger partial charge in [-0.15, -0.1) is 0 Å². The number of hydrogen-bond acceptors (Lipinski definition) is 4. The smallest absolute Gasteiger partial charge is 0.343 e. The zero-order chi connectivity index (χ0) is 13.5. The molecule has 18 heavy (non-hydrogen) atoms. The molecule has 0 saturated heterocycles. The second-order valence-corrected chi connectivity index (χ2v) is 5.07. The van der Waals surface area contributed by atoms with Crippen molar-refractivity contribution in [1.82, 2.24) is 5.32 Å². The number of ether oxygens (including phenoxy) is 2. The van der Waals surface area contributed by atoms with Crippen LogP contribution in [0.3, 0.4) is 0 Å². The number of methoxy groups -OCH3 is 1. The zero-order valence-corrected chi connectivity index (χ0v) is 12.4. The van der Waals surface area contributed by atoms with E-state index >= 15 is 0 Å². The third kappa shape index (κ3) is 5.06. The van der Waals surface area contributed by atoms with Gasteiger partial charge in [0, 0.05) is 22.6 Å². The Balaban J connectivity index is 2.72. The number of hydrogen-bond donors (Lipinski definition) is 1. The standard InChI is InChI=1S/C13H18BrNO3/c1-9(2)15-7-10-6-11(14)4-5-12(10)18-8-13(16)17-3/h4-6,9,15H,7-8H2,1-3H3. The molecule has 0 saturated carbocycles. The number of rotatable bonds is 6. The molecule has 0 heterocycles. The molecular weight excluding hydrogens is 298 g/mol. The summed E-state index contributed by atoms with van der Waals surface area (Å²) in [6.45, 7) is 4.76. The lowest BCUT2D eigenvalue weighted by molar-refractivity contribution is -0.142. The monoisotopic (exact) mass is 315 g/mol. The Bertz CT molecular complexity index is 407. The summed E-state index contributed by atoms with van der Waals surface area (Å²) in [5, 5.41) is 3.31. The Morgan fingerprint density at radius 2 is 2.17 bits per heavy atom. The van der Waals surface area contributed by atoms with Gasteiger partial charge in [-0.1, -0.05) is 29.8 Å². The van der Waals surface area contributed by atoms with Gasteiger partial charge in [0.25, 0.3) is 0 Å². The molecule has 0 amide bonds. The highest BCUT2D eigenvalue weighted by molar-refractivity contribution is 9.10. The molecule has 0 radical (unpaired) electrons. The molecule has 0 aliphatic rings. The molecule has 1 N–H and O–H groups in total. The largest absolute Gasteiger partial charge is 0.482 e. The van der Waals surface area contributed by atoms with E-state index in [0.717, 1.165) is 10.0 Å². The first-order valence-corrected chi connectivity index (χ1v) is 6.53. The Morgan fingerprint density at radius 3 is 2.78 bits per heavy atom. The molecule has 0 spiro atoms. The van der Waals surface area contributed by atoms with Crippen molar-refractivity contribution in [2.45, 2.75) is 26.4 Å². The van der Waals surface area contributed by atoms with Crippen molar-refractivity contribution >= 4 is 21.9 Å². The van der Waals surface area contributed by atoms with Crippen molar-refractivity contribution in [3.05, 3.63) is 28.2 Å². The normalized spacial score (nSPS) is 10.5. The average molecular weight is 316 g/mol. The van der Waals surface area contributed by atoms with E-state index in [9.17, 15) is 4.79 Å². The van der Waals surface area contributed by atoms with Crippen LogP contribution in [0, 0.1) is 0 Å². The molecule has 0 bridgehead atoms. The van der Waals surface area contributed by atoms with Crippen LogP contribution in [0.15, 0.2) is 22.7 Å². The minimum atomic E-state index is -0.388. The number of nitrogens with one attached hydrogen (secondary N) is 1. The van der Waals surface area contributed by atoms with E-state index in [0.29, 0.717) is 18.3 Å². The topological polar surface area (TPSA) is 47.6 Å². The van der Waals surface area contributed by atoms with Crippen molar-refractivity contribution in [1.29, 1.82) is 0 Å². The Hall–Kier alpha value is -1.07. The molecule has 0 aromatic heterocycles. The summed E-state index contributed by atoms with van der Waals surface area (Å²) in [4.78, 5) is 11.1. The first-order chi connectivity index (χ1) is 8.52. The maximum absolute atomic E-state index is 11.1. The molecule has 5 heteroatoms. The highest BCUT2D eigenvalue weighted by atomic mass is 79.9. The van der Waals surface area contributed by atoms with Gasteiger partial charge in [0.2, 0.25) is 0 Å². The van der Waals surface area contributed by atoms with Crippen LogP contribution in [0.4, 0.5) is 0 Å². The van der Waals surface area contributed by atoms with Crippen LogP contribution in [0.5, 0.6) is 5.75 Å². The van der Waals surface area contributed by atoms with Gasteiger partial charge in [0.05, 0.1) is 7.11 Å². The molecule has 1 rings (SSSR count). The minimum absolute atomic E-state index is 0.0766. The molecule has 0 atom stereocenters. The van der Waals surface area contributed by atoms with Crippen LogP contribution in [-0.4, -0.2) is 25.7 Å². The first kappa shape index (κ1) is 15.0.